The van der Waals surface area contributed by atoms with Crippen molar-refractivity contribution >= 4 is 0 Å². The van der Waals surface area contributed by atoms with Gasteiger partial charge < -0.3 is 5.11 Å². The fraction of sp³-hybridized carbons (Fsp3) is 0.800. The molecule has 1 nitrogen and oxygen atoms in total. The van der Waals surface area contributed by atoms with Crippen molar-refractivity contribution in [3.05, 3.63) is 6.42 Å². The van der Waals surface area contributed by atoms with Crippen molar-refractivity contribution in [3.63, 3.8) is 0 Å². The third kappa shape index (κ3) is 0.548. The molecule has 0 amide bonds. The van der Waals surface area contributed by atoms with Crippen molar-refractivity contribution in [2.45, 2.75) is 25.4 Å². The Bertz CT molecular complexity index is 55.0. The van der Waals surface area contributed by atoms with Crippen molar-refractivity contribution < 1.29 is 5.11 Å². The van der Waals surface area contributed by atoms with Crippen molar-refractivity contribution in [1.82, 2.24) is 0 Å². The van der Waals surface area contributed by atoms with Gasteiger partial charge in [-0.1, -0.05) is 6.92 Å². The fourth-order valence-corrected chi connectivity index (χ4v) is 0.417. The van der Waals surface area contributed by atoms with Gasteiger partial charge in [-0.2, -0.15) is 0 Å². The van der Waals surface area contributed by atoms with E-state index >= 15 is 0 Å². The van der Waals surface area contributed by atoms with Crippen molar-refractivity contribution in [1.29, 1.82) is 0 Å². The predicted octanol–water partition coefficient (Wildman–Crippen LogP) is 0.735. The summed E-state index contributed by atoms with van der Waals surface area (Å²) in [5.74, 6) is 0. The minimum atomic E-state index is -0.333. The Labute approximate surface area is 38.0 Å². The number of hydrogen-bond acceptors (Lipinski definition) is 1. The van der Waals surface area contributed by atoms with Gasteiger partial charge in [0.2, 0.25) is 0 Å². The van der Waals surface area contributed by atoms with Gasteiger partial charge in [0.15, 0.2) is 0 Å². The SMILES string of the molecule is C[CH]C1(O)CC1. The van der Waals surface area contributed by atoms with E-state index in [1.807, 2.05) is 13.3 Å². The van der Waals surface area contributed by atoms with Gasteiger partial charge in [-0.15, -0.1) is 0 Å². The lowest BCUT2D eigenvalue weighted by molar-refractivity contribution is 0.185. The molecule has 0 heterocycles. The first-order valence-corrected chi connectivity index (χ1v) is 2.30. The second kappa shape index (κ2) is 0.969. The van der Waals surface area contributed by atoms with Crippen LogP contribution in [0, 0.1) is 6.42 Å². The Morgan fingerprint density at radius 1 is 1.67 bits per heavy atom. The van der Waals surface area contributed by atoms with Crippen LogP contribution in [-0.4, -0.2) is 10.7 Å². The zero-order valence-corrected chi connectivity index (χ0v) is 3.94. The number of rotatable bonds is 1. The molecule has 1 rings (SSSR count). The summed E-state index contributed by atoms with van der Waals surface area (Å²) in [6.07, 6.45) is 3.81. The molecule has 0 bridgehead atoms. The maximum absolute atomic E-state index is 8.88. The first kappa shape index (κ1) is 4.13. The summed E-state index contributed by atoms with van der Waals surface area (Å²) in [5.41, 5.74) is -0.333. The summed E-state index contributed by atoms with van der Waals surface area (Å²) in [7, 11) is 0. The van der Waals surface area contributed by atoms with Gasteiger partial charge in [-0.3, -0.25) is 0 Å². The quantitative estimate of drug-likeness (QED) is 0.497. The molecule has 0 saturated heterocycles. The second-order valence-corrected chi connectivity index (χ2v) is 1.89. The highest BCUT2D eigenvalue weighted by Crippen LogP contribution is 2.36. The summed E-state index contributed by atoms with van der Waals surface area (Å²) < 4.78 is 0. The summed E-state index contributed by atoms with van der Waals surface area (Å²) in [4.78, 5) is 0. The molecular formula is C5H9O. The van der Waals surface area contributed by atoms with Gasteiger partial charge in [0, 0.05) is 0 Å². The fourth-order valence-electron chi connectivity index (χ4n) is 0.417. The molecule has 35 valence electrons. The largest absolute Gasteiger partial charge is 0.390 e. The molecule has 1 aliphatic rings. The lowest BCUT2D eigenvalue weighted by atomic mass is 10.3. The van der Waals surface area contributed by atoms with Crippen molar-refractivity contribution in [2.24, 2.45) is 0 Å². The van der Waals surface area contributed by atoms with Gasteiger partial charge in [0.25, 0.3) is 0 Å². The summed E-state index contributed by atoms with van der Waals surface area (Å²) in [5, 5.41) is 8.88. The van der Waals surface area contributed by atoms with Crippen LogP contribution in [0.15, 0.2) is 0 Å². The van der Waals surface area contributed by atoms with Crippen molar-refractivity contribution in [3.8, 4) is 0 Å². The zero-order chi connectivity index (χ0) is 4.62. The van der Waals surface area contributed by atoms with E-state index < -0.39 is 0 Å². The summed E-state index contributed by atoms with van der Waals surface area (Å²) >= 11 is 0. The van der Waals surface area contributed by atoms with E-state index in [-0.39, 0.29) is 5.60 Å². The molecular weight excluding hydrogens is 76.1 g/mol. The van der Waals surface area contributed by atoms with E-state index in [1.165, 1.54) is 0 Å². The number of hydrogen-bond donors (Lipinski definition) is 1. The third-order valence-corrected chi connectivity index (χ3v) is 1.30. The Morgan fingerprint density at radius 2 is 2.17 bits per heavy atom. The van der Waals surface area contributed by atoms with E-state index in [4.69, 9.17) is 5.11 Å². The van der Waals surface area contributed by atoms with Crippen LogP contribution in [0.4, 0.5) is 0 Å². The molecule has 6 heavy (non-hydrogen) atoms. The Hall–Kier alpha value is -0.0400. The van der Waals surface area contributed by atoms with E-state index in [0.717, 1.165) is 12.8 Å². The van der Waals surface area contributed by atoms with Crippen LogP contribution in [0.2, 0.25) is 0 Å². The van der Waals surface area contributed by atoms with E-state index in [0.29, 0.717) is 0 Å². The van der Waals surface area contributed by atoms with Crippen LogP contribution in [0.25, 0.3) is 0 Å². The predicted molar refractivity (Wildman–Crippen MR) is 24.2 cm³/mol. The molecule has 0 aromatic rings. The van der Waals surface area contributed by atoms with E-state index in [9.17, 15) is 0 Å². The lowest BCUT2D eigenvalue weighted by Gasteiger charge is -1.96. The van der Waals surface area contributed by atoms with Crippen LogP contribution >= 0.6 is 0 Å². The van der Waals surface area contributed by atoms with Crippen molar-refractivity contribution in [2.75, 3.05) is 0 Å². The third-order valence-electron chi connectivity index (χ3n) is 1.30. The minimum absolute atomic E-state index is 0.333. The second-order valence-electron chi connectivity index (χ2n) is 1.89. The van der Waals surface area contributed by atoms with Crippen LogP contribution in [0.3, 0.4) is 0 Å². The molecule has 1 fully saturated rings. The highest BCUT2D eigenvalue weighted by molar-refractivity contribution is 5.02. The topological polar surface area (TPSA) is 20.2 Å². The Morgan fingerprint density at radius 3 is 2.17 bits per heavy atom. The molecule has 0 spiro atoms. The maximum atomic E-state index is 8.88. The van der Waals surface area contributed by atoms with Gasteiger partial charge in [0.1, 0.15) is 0 Å². The van der Waals surface area contributed by atoms with Gasteiger partial charge in [-0.05, 0) is 19.3 Å². The van der Waals surface area contributed by atoms with Gasteiger partial charge >= 0.3 is 0 Å². The molecule has 1 heteroatoms. The molecule has 0 aromatic carbocycles. The minimum Gasteiger partial charge on any atom is -0.390 e. The Balaban J connectivity index is 2.28. The maximum Gasteiger partial charge on any atom is 0.0678 e. The standard InChI is InChI=1S/C5H9O/c1-2-5(6)3-4-5/h2,6H,3-4H2,1H3. The number of aliphatic hydroxyl groups is 1. The zero-order valence-electron chi connectivity index (χ0n) is 3.94. The van der Waals surface area contributed by atoms with Crippen LogP contribution in [0.5, 0.6) is 0 Å². The van der Waals surface area contributed by atoms with Crippen LogP contribution < -0.4 is 0 Å². The first-order valence-electron chi connectivity index (χ1n) is 2.30. The van der Waals surface area contributed by atoms with Gasteiger partial charge in [-0.25, -0.2) is 0 Å². The lowest BCUT2D eigenvalue weighted by Crippen LogP contribution is -2.02. The summed E-state index contributed by atoms with van der Waals surface area (Å²) in [6.45, 7) is 1.90. The van der Waals surface area contributed by atoms with Crippen LogP contribution in [0.1, 0.15) is 19.8 Å². The Kier molecular flexibility index (Phi) is 0.667. The van der Waals surface area contributed by atoms with E-state index in [2.05, 4.69) is 0 Å². The molecule has 0 aromatic heterocycles. The molecule has 0 aliphatic heterocycles. The average molecular weight is 85.1 g/mol. The summed E-state index contributed by atoms with van der Waals surface area (Å²) in [6, 6.07) is 0. The molecule has 1 N–H and O–H groups in total. The average Bonchev–Trinajstić information content (AvgIpc) is 2.22. The monoisotopic (exact) mass is 85.1 g/mol. The molecule has 1 aliphatic carbocycles. The molecule has 1 radical (unpaired) electrons. The van der Waals surface area contributed by atoms with E-state index in [1.54, 1.807) is 0 Å². The highest BCUT2D eigenvalue weighted by Gasteiger charge is 2.37. The molecule has 0 atom stereocenters. The smallest absolute Gasteiger partial charge is 0.0678 e. The normalized spacial score (nSPS) is 27.0. The van der Waals surface area contributed by atoms with Crippen LogP contribution in [-0.2, 0) is 0 Å². The molecule has 1 saturated carbocycles. The molecule has 0 unspecified atom stereocenters. The van der Waals surface area contributed by atoms with Gasteiger partial charge in [0.05, 0.1) is 5.60 Å². The first-order chi connectivity index (χ1) is 2.77. The highest BCUT2D eigenvalue weighted by atomic mass is 16.3.